The minimum Gasteiger partial charge on any atom is -0.480 e. The van der Waals surface area contributed by atoms with E-state index in [2.05, 4.69) is 5.32 Å². The van der Waals surface area contributed by atoms with Crippen LogP contribution in [0.3, 0.4) is 0 Å². The molecule has 1 unspecified atom stereocenters. The van der Waals surface area contributed by atoms with Gasteiger partial charge in [0, 0.05) is 6.54 Å². The van der Waals surface area contributed by atoms with Crippen molar-refractivity contribution in [3.63, 3.8) is 0 Å². The van der Waals surface area contributed by atoms with Crippen LogP contribution < -0.4 is 11.1 Å². The molecule has 0 bridgehead atoms. The molecule has 0 heterocycles. The monoisotopic (exact) mass is 258 g/mol. The first-order chi connectivity index (χ1) is 8.55. The van der Waals surface area contributed by atoms with Gasteiger partial charge in [0.1, 0.15) is 6.04 Å². The number of hydrogen-bond acceptors (Lipinski definition) is 4. The maximum atomic E-state index is 12.2. The summed E-state index contributed by atoms with van der Waals surface area (Å²) in [5, 5.41) is 20.1. The Morgan fingerprint density at radius 2 is 1.78 bits per heavy atom. The zero-order valence-corrected chi connectivity index (χ0v) is 10.5. The van der Waals surface area contributed by atoms with Gasteiger partial charge in [-0.25, -0.2) is 4.79 Å². The van der Waals surface area contributed by atoms with Crippen LogP contribution in [-0.4, -0.2) is 41.3 Å². The van der Waals surface area contributed by atoms with Crippen LogP contribution in [0, 0.1) is 5.41 Å². The maximum Gasteiger partial charge on any atom is 0.328 e. The Morgan fingerprint density at radius 1 is 1.22 bits per heavy atom. The zero-order valence-electron chi connectivity index (χ0n) is 10.5. The summed E-state index contributed by atoms with van der Waals surface area (Å²) < 4.78 is 0. The fourth-order valence-electron chi connectivity index (χ4n) is 2.43. The van der Waals surface area contributed by atoms with Gasteiger partial charge >= 0.3 is 5.97 Å². The van der Waals surface area contributed by atoms with Gasteiger partial charge in [0.25, 0.3) is 0 Å². The summed E-state index contributed by atoms with van der Waals surface area (Å²) >= 11 is 0. The first kappa shape index (κ1) is 14.9. The normalized spacial score (nSPS) is 20.8. The van der Waals surface area contributed by atoms with E-state index in [1.807, 2.05) is 0 Å². The molecular formula is C12H22N2O4. The number of carbonyl (C=O) groups excluding carboxylic acids is 1. The smallest absolute Gasteiger partial charge is 0.328 e. The number of rotatable bonds is 5. The predicted molar refractivity (Wildman–Crippen MR) is 65.8 cm³/mol. The summed E-state index contributed by atoms with van der Waals surface area (Å²) in [6.07, 6.45) is 5.40. The summed E-state index contributed by atoms with van der Waals surface area (Å²) in [5.74, 6) is -1.57. The maximum absolute atomic E-state index is 12.2. The number of carbonyl (C=O) groups is 2. The highest BCUT2D eigenvalue weighted by atomic mass is 16.4. The van der Waals surface area contributed by atoms with Crippen molar-refractivity contribution >= 4 is 11.9 Å². The van der Waals surface area contributed by atoms with Gasteiger partial charge in [-0.15, -0.1) is 0 Å². The highest BCUT2D eigenvalue weighted by Gasteiger charge is 2.38. The van der Waals surface area contributed by atoms with E-state index in [1.54, 1.807) is 0 Å². The lowest BCUT2D eigenvalue weighted by atomic mass is 9.79. The number of carboxylic acids is 1. The van der Waals surface area contributed by atoms with Crippen molar-refractivity contribution in [3.05, 3.63) is 0 Å². The average Bonchev–Trinajstić information content (AvgIpc) is 2.61. The fourth-order valence-corrected chi connectivity index (χ4v) is 2.43. The highest BCUT2D eigenvalue weighted by molar-refractivity contribution is 5.87. The van der Waals surface area contributed by atoms with Gasteiger partial charge < -0.3 is 21.3 Å². The Hall–Kier alpha value is -1.14. The molecule has 0 aromatic heterocycles. The molecule has 1 fully saturated rings. The standard InChI is InChI=1S/C12H22N2O4/c13-8-12(5-3-1-2-4-6-12)11(18)14-9(7-15)10(16)17/h9,15H,1-8,13H2,(H,14,18)(H,16,17). The SMILES string of the molecule is NCC1(C(=O)NC(CO)C(=O)O)CCCCCC1. The number of aliphatic hydroxyl groups is 1. The number of nitrogens with two attached hydrogens (primary N) is 1. The van der Waals surface area contributed by atoms with E-state index in [4.69, 9.17) is 15.9 Å². The minimum absolute atomic E-state index is 0.219. The van der Waals surface area contributed by atoms with E-state index in [0.29, 0.717) is 12.8 Å². The molecule has 1 amide bonds. The number of aliphatic hydroxyl groups excluding tert-OH is 1. The van der Waals surface area contributed by atoms with E-state index in [-0.39, 0.29) is 12.5 Å². The molecule has 0 aromatic rings. The summed E-state index contributed by atoms with van der Waals surface area (Å²) in [6, 6.07) is -1.25. The number of amides is 1. The first-order valence-electron chi connectivity index (χ1n) is 6.40. The van der Waals surface area contributed by atoms with E-state index < -0.39 is 24.0 Å². The van der Waals surface area contributed by atoms with Gasteiger partial charge in [0.15, 0.2) is 0 Å². The van der Waals surface area contributed by atoms with Gasteiger partial charge in [-0.3, -0.25) is 4.79 Å². The molecule has 6 heteroatoms. The number of carboxylic acid groups (broad SMARTS) is 1. The van der Waals surface area contributed by atoms with Crippen LogP contribution in [-0.2, 0) is 9.59 Å². The second kappa shape index (κ2) is 6.70. The van der Waals surface area contributed by atoms with Crippen molar-refractivity contribution in [3.8, 4) is 0 Å². The van der Waals surface area contributed by atoms with Crippen LogP contribution >= 0.6 is 0 Å². The third-order valence-corrected chi connectivity index (χ3v) is 3.72. The fraction of sp³-hybridized carbons (Fsp3) is 0.833. The Bertz CT molecular complexity index is 298. The second-order valence-electron chi connectivity index (χ2n) is 4.95. The van der Waals surface area contributed by atoms with Crippen molar-refractivity contribution < 1.29 is 19.8 Å². The van der Waals surface area contributed by atoms with E-state index >= 15 is 0 Å². The number of aliphatic carboxylic acids is 1. The van der Waals surface area contributed by atoms with Gasteiger partial charge in [-0.2, -0.15) is 0 Å². The average molecular weight is 258 g/mol. The number of hydrogen-bond donors (Lipinski definition) is 4. The topological polar surface area (TPSA) is 113 Å². The molecule has 18 heavy (non-hydrogen) atoms. The van der Waals surface area contributed by atoms with Crippen LogP contribution in [0.4, 0.5) is 0 Å². The Labute approximate surface area is 107 Å². The Morgan fingerprint density at radius 3 is 2.17 bits per heavy atom. The quantitative estimate of drug-likeness (QED) is 0.512. The molecule has 1 rings (SSSR count). The van der Waals surface area contributed by atoms with Crippen molar-refractivity contribution in [1.29, 1.82) is 0 Å². The molecule has 1 aliphatic carbocycles. The van der Waals surface area contributed by atoms with Crippen LogP contribution in [0.15, 0.2) is 0 Å². The third-order valence-electron chi connectivity index (χ3n) is 3.72. The molecular weight excluding hydrogens is 236 g/mol. The van der Waals surface area contributed by atoms with Gasteiger partial charge in [0.2, 0.25) is 5.91 Å². The lowest BCUT2D eigenvalue weighted by Gasteiger charge is -2.31. The molecule has 6 nitrogen and oxygen atoms in total. The van der Waals surface area contributed by atoms with Crippen LogP contribution in [0.2, 0.25) is 0 Å². The van der Waals surface area contributed by atoms with Crippen LogP contribution in [0.5, 0.6) is 0 Å². The van der Waals surface area contributed by atoms with E-state index in [0.717, 1.165) is 25.7 Å². The summed E-state index contributed by atoms with van der Waals surface area (Å²) in [6.45, 7) is -0.391. The summed E-state index contributed by atoms with van der Waals surface area (Å²) in [5.41, 5.74) is 5.06. The molecule has 0 saturated heterocycles. The Balaban J connectivity index is 2.74. The molecule has 0 radical (unpaired) electrons. The van der Waals surface area contributed by atoms with E-state index in [9.17, 15) is 9.59 Å². The Kier molecular flexibility index (Phi) is 5.55. The van der Waals surface area contributed by atoms with Crippen molar-refractivity contribution in [2.75, 3.05) is 13.2 Å². The van der Waals surface area contributed by atoms with Crippen molar-refractivity contribution in [1.82, 2.24) is 5.32 Å². The molecule has 0 aliphatic heterocycles. The zero-order chi connectivity index (χ0) is 13.6. The first-order valence-corrected chi connectivity index (χ1v) is 6.40. The summed E-state index contributed by atoms with van der Waals surface area (Å²) in [7, 11) is 0. The highest BCUT2D eigenvalue weighted by Crippen LogP contribution is 2.34. The van der Waals surface area contributed by atoms with Gasteiger partial charge in [-0.1, -0.05) is 25.7 Å². The molecule has 0 spiro atoms. The third kappa shape index (κ3) is 3.43. The second-order valence-corrected chi connectivity index (χ2v) is 4.95. The minimum atomic E-state index is -1.25. The van der Waals surface area contributed by atoms with Gasteiger partial charge in [0.05, 0.1) is 12.0 Å². The van der Waals surface area contributed by atoms with Crippen LogP contribution in [0.25, 0.3) is 0 Å². The van der Waals surface area contributed by atoms with Crippen molar-refractivity contribution in [2.45, 2.75) is 44.6 Å². The lowest BCUT2D eigenvalue weighted by molar-refractivity contribution is -0.145. The predicted octanol–water partition coefficient (Wildman–Crippen LogP) is -0.153. The summed E-state index contributed by atoms with van der Waals surface area (Å²) in [4.78, 5) is 23.0. The lowest BCUT2D eigenvalue weighted by Crippen LogP contribution is -2.52. The number of nitrogens with one attached hydrogen (secondary N) is 1. The molecule has 0 aromatic carbocycles. The largest absolute Gasteiger partial charge is 0.480 e. The molecule has 1 saturated carbocycles. The molecule has 1 atom stereocenters. The van der Waals surface area contributed by atoms with Crippen molar-refractivity contribution in [2.24, 2.45) is 11.1 Å². The van der Waals surface area contributed by atoms with Crippen LogP contribution in [0.1, 0.15) is 38.5 Å². The van der Waals surface area contributed by atoms with Gasteiger partial charge in [-0.05, 0) is 12.8 Å². The molecule has 5 N–H and O–H groups in total. The molecule has 104 valence electrons. The van der Waals surface area contributed by atoms with E-state index in [1.165, 1.54) is 0 Å². The molecule has 1 aliphatic rings.